The number of hydrogen-bond donors (Lipinski definition) is 2. The summed E-state index contributed by atoms with van der Waals surface area (Å²) < 4.78 is 3.37. The number of urea groups is 1. The van der Waals surface area contributed by atoms with E-state index in [0.29, 0.717) is 0 Å². The molecule has 1 aliphatic heterocycles. The molecule has 1 aromatic heterocycles. The molecule has 118 valence electrons. The molecule has 0 aliphatic carbocycles. The van der Waals surface area contributed by atoms with E-state index in [0.717, 1.165) is 22.6 Å². The van der Waals surface area contributed by atoms with Crippen LogP contribution >= 0.6 is 22.6 Å². The summed E-state index contributed by atoms with van der Waals surface area (Å²) in [6.07, 6.45) is 1.71. The fraction of sp³-hybridized carbons (Fsp3) is 0.176. The molecular formula is C17H16IN3O2. The van der Waals surface area contributed by atoms with Crippen LogP contribution in [0.2, 0.25) is 0 Å². The van der Waals surface area contributed by atoms with Gasteiger partial charge in [0.1, 0.15) is 5.70 Å². The van der Waals surface area contributed by atoms with Crippen molar-refractivity contribution >= 4 is 40.6 Å². The summed E-state index contributed by atoms with van der Waals surface area (Å²) in [7, 11) is 0. The van der Waals surface area contributed by atoms with E-state index in [-0.39, 0.29) is 5.70 Å². The number of rotatable bonds is 2. The summed E-state index contributed by atoms with van der Waals surface area (Å²) in [5.74, 6) is -0.398. The Morgan fingerprint density at radius 2 is 1.83 bits per heavy atom. The highest BCUT2D eigenvalue weighted by Gasteiger charge is 2.23. The molecule has 5 nitrogen and oxygen atoms in total. The van der Waals surface area contributed by atoms with Gasteiger partial charge in [-0.05, 0) is 84.8 Å². The monoisotopic (exact) mass is 421 g/mol. The Morgan fingerprint density at radius 3 is 2.43 bits per heavy atom. The van der Waals surface area contributed by atoms with Crippen molar-refractivity contribution in [1.82, 2.24) is 15.2 Å². The van der Waals surface area contributed by atoms with Crippen LogP contribution in [0.3, 0.4) is 0 Å². The summed E-state index contributed by atoms with van der Waals surface area (Å²) in [6.45, 7) is 6.11. The lowest BCUT2D eigenvalue weighted by molar-refractivity contribution is -0.115. The fourth-order valence-corrected chi connectivity index (χ4v) is 3.07. The molecule has 2 aromatic rings. The van der Waals surface area contributed by atoms with Crippen LogP contribution in [0.5, 0.6) is 0 Å². The number of benzene rings is 1. The van der Waals surface area contributed by atoms with Gasteiger partial charge in [-0.3, -0.25) is 10.1 Å². The number of carbonyl (C=O) groups excluding carboxylic acids is 2. The molecule has 23 heavy (non-hydrogen) atoms. The second kappa shape index (κ2) is 5.84. The van der Waals surface area contributed by atoms with Crippen molar-refractivity contribution in [2.24, 2.45) is 0 Å². The molecule has 0 atom stereocenters. The maximum Gasteiger partial charge on any atom is 0.326 e. The zero-order valence-corrected chi connectivity index (χ0v) is 15.2. The first kappa shape index (κ1) is 15.8. The number of aromatic nitrogens is 1. The molecule has 0 saturated carbocycles. The largest absolute Gasteiger partial charge is 0.326 e. The quantitative estimate of drug-likeness (QED) is 0.445. The topological polar surface area (TPSA) is 63.1 Å². The second-order valence-electron chi connectivity index (χ2n) is 5.56. The van der Waals surface area contributed by atoms with E-state index >= 15 is 0 Å². The molecule has 6 heteroatoms. The Bertz CT molecular complexity index is 865. The van der Waals surface area contributed by atoms with Gasteiger partial charge in [-0.1, -0.05) is 0 Å². The molecular weight excluding hydrogens is 405 g/mol. The Hall–Kier alpha value is -2.09. The molecule has 1 aromatic carbocycles. The van der Waals surface area contributed by atoms with E-state index in [1.54, 1.807) is 6.08 Å². The van der Waals surface area contributed by atoms with Gasteiger partial charge in [-0.15, -0.1) is 0 Å². The van der Waals surface area contributed by atoms with Crippen molar-refractivity contribution in [1.29, 1.82) is 0 Å². The van der Waals surface area contributed by atoms with Gasteiger partial charge in [0.05, 0.1) is 0 Å². The number of hydrogen-bond acceptors (Lipinski definition) is 2. The lowest BCUT2D eigenvalue weighted by Gasteiger charge is -2.11. The van der Waals surface area contributed by atoms with Crippen molar-refractivity contribution < 1.29 is 9.59 Å². The maximum atomic E-state index is 11.7. The van der Waals surface area contributed by atoms with Gasteiger partial charge in [0, 0.05) is 20.6 Å². The molecule has 1 aliphatic rings. The predicted octanol–water partition coefficient (Wildman–Crippen LogP) is 3.19. The summed E-state index contributed by atoms with van der Waals surface area (Å²) in [6, 6.07) is 7.84. The normalized spacial score (nSPS) is 15.9. The van der Waals surface area contributed by atoms with Gasteiger partial charge in [-0.2, -0.15) is 0 Å². The molecule has 3 rings (SSSR count). The Kier molecular flexibility index (Phi) is 4.01. The third-order valence-electron chi connectivity index (χ3n) is 3.89. The van der Waals surface area contributed by atoms with Gasteiger partial charge in [0.2, 0.25) is 0 Å². The second-order valence-corrected chi connectivity index (χ2v) is 6.72. The van der Waals surface area contributed by atoms with Crippen LogP contribution in [-0.2, 0) is 4.79 Å². The average molecular weight is 421 g/mol. The van der Waals surface area contributed by atoms with Crippen LogP contribution in [0.15, 0.2) is 30.0 Å². The van der Waals surface area contributed by atoms with Gasteiger partial charge in [-0.25, -0.2) is 4.79 Å². The van der Waals surface area contributed by atoms with E-state index in [2.05, 4.69) is 62.9 Å². The van der Waals surface area contributed by atoms with Crippen molar-refractivity contribution in [2.75, 3.05) is 0 Å². The van der Waals surface area contributed by atoms with Crippen molar-refractivity contribution in [3.05, 3.63) is 56.0 Å². The zero-order chi connectivity index (χ0) is 16.7. The maximum absolute atomic E-state index is 11.7. The average Bonchev–Trinajstić information content (AvgIpc) is 2.93. The standard InChI is InChI=1S/C17H16IN3O2/c1-9-6-13(4-5-14(9)18)21-10(2)7-12(11(21)3)8-15-16(22)20-17(23)19-15/h4-8H,1-3H3,(H2,19,20,22,23)/b15-8-. The minimum atomic E-state index is -0.483. The summed E-state index contributed by atoms with van der Waals surface area (Å²) in [4.78, 5) is 22.9. The first-order valence-corrected chi connectivity index (χ1v) is 8.24. The highest BCUT2D eigenvalue weighted by molar-refractivity contribution is 14.1. The summed E-state index contributed by atoms with van der Waals surface area (Å²) in [5.41, 5.74) is 5.57. The lowest BCUT2D eigenvalue weighted by Crippen LogP contribution is -2.22. The predicted molar refractivity (Wildman–Crippen MR) is 97.3 cm³/mol. The SMILES string of the molecule is Cc1cc(-n2c(C)cc(/C=C3\NC(=O)NC3=O)c2C)ccc1I. The minimum Gasteiger partial charge on any atom is -0.318 e. The van der Waals surface area contributed by atoms with E-state index in [1.165, 1.54) is 9.13 Å². The van der Waals surface area contributed by atoms with Crippen molar-refractivity contribution in [3.63, 3.8) is 0 Å². The number of imide groups is 1. The van der Waals surface area contributed by atoms with Crippen molar-refractivity contribution in [2.45, 2.75) is 20.8 Å². The van der Waals surface area contributed by atoms with Gasteiger partial charge in [0.25, 0.3) is 5.91 Å². The van der Waals surface area contributed by atoms with E-state index < -0.39 is 11.9 Å². The molecule has 0 radical (unpaired) electrons. The molecule has 0 spiro atoms. The third kappa shape index (κ3) is 2.90. The summed E-state index contributed by atoms with van der Waals surface area (Å²) in [5, 5.41) is 4.72. The van der Waals surface area contributed by atoms with Crippen LogP contribution in [0.4, 0.5) is 4.79 Å². The van der Waals surface area contributed by atoms with Crippen LogP contribution < -0.4 is 10.6 Å². The molecule has 1 fully saturated rings. The first-order valence-electron chi connectivity index (χ1n) is 7.16. The number of carbonyl (C=O) groups is 2. The first-order chi connectivity index (χ1) is 10.9. The molecule has 2 heterocycles. The number of nitrogens with one attached hydrogen (secondary N) is 2. The molecule has 0 unspecified atom stereocenters. The van der Waals surface area contributed by atoms with E-state index in [1.807, 2.05) is 19.9 Å². The molecule has 3 amide bonds. The fourth-order valence-electron chi connectivity index (χ4n) is 2.74. The Balaban J connectivity index is 2.06. The Labute approximate surface area is 147 Å². The highest BCUT2D eigenvalue weighted by Crippen LogP contribution is 2.24. The van der Waals surface area contributed by atoms with Gasteiger partial charge >= 0.3 is 6.03 Å². The van der Waals surface area contributed by atoms with E-state index in [9.17, 15) is 9.59 Å². The highest BCUT2D eigenvalue weighted by atomic mass is 127. The van der Waals surface area contributed by atoms with E-state index in [4.69, 9.17) is 0 Å². The van der Waals surface area contributed by atoms with Gasteiger partial charge < -0.3 is 9.88 Å². The minimum absolute atomic E-state index is 0.272. The number of nitrogens with zero attached hydrogens (tertiary/aromatic N) is 1. The third-order valence-corrected chi connectivity index (χ3v) is 5.10. The number of aryl methyl sites for hydroxylation is 2. The number of halogens is 1. The zero-order valence-electron chi connectivity index (χ0n) is 13.0. The van der Waals surface area contributed by atoms with Crippen LogP contribution in [0.25, 0.3) is 11.8 Å². The van der Waals surface area contributed by atoms with Gasteiger partial charge in [0.15, 0.2) is 0 Å². The van der Waals surface area contributed by atoms with Crippen LogP contribution in [-0.4, -0.2) is 16.5 Å². The van der Waals surface area contributed by atoms with Crippen molar-refractivity contribution in [3.8, 4) is 5.69 Å². The molecule has 0 bridgehead atoms. The summed E-state index contributed by atoms with van der Waals surface area (Å²) >= 11 is 2.32. The molecule has 1 saturated heterocycles. The molecule has 2 N–H and O–H groups in total. The smallest absolute Gasteiger partial charge is 0.318 e. The number of amides is 3. The van der Waals surface area contributed by atoms with Crippen LogP contribution in [0, 0.1) is 24.3 Å². The Morgan fingerprint density at radius 1 is 1.09 bits per heavy atom. The lowest BCUT2D eigenvalue weighted by atomic mass is 10.2. The van der Waals surface area contributed by atoms with Crippen LogP contribution in [0.1, 0.15) is 22.5 Å².